The van der Waals surface area contributed by atoms with Crippen LogP contribution in [0.15, 0.2) is 48.0 Å². The van der Waals surface area contributed by atoms with Crippen LogP contribution in [-0.4, -0.2) is 66.5 Å². The third-order valence-corrected chi connectivity index (χ3v) is 6.85. The molecule has 0 saturated carbocycles. The van der Waals surface area contributed by atoms with Gasteiger partial charge in [0.25, 0.3) is 11.7 Å². The van der Waals surface area contributed by atoms with E-state index in [1.165, 1.54) is 0 Å². The number of carbonyl (C=O) groups excluding carboxylic acids is 2. The standard InChI is InChI=1S/C30H38N2O5/c1-19(2)12-15-36-24-9-6-8-21(18-24)27-26(29(34)30(35)32(27)14-7-13-31(4)5)28(33)22-10-11-25-23(17-22)16-20(3)37-25/h6,8-11,17-20,27,33H,7,12-16H2,1-5H3/b28-26+/t20-,27+/m0/s1. The number of rotatable bonds is 10. The number of benzene rings is 2. The van der Waals surface area contributed by atoms with Crippen LogP contribution in [0.2, 0.25) is 0 Å². The number of hydrogen-bond donors (Lipinski definition) is 1. The zero-order chi connectivity index (χ0) is 26.7. The first-order valence-electron chi connectivity index (χ1n) is 13.1. The van der Waals surface area contributed by atoms with Crippen molar-refractivity contribution in [3.63, 3.8) is 0 Å². The third-order valence-electron chi connectivity index (χ3n) is 6.85. The average molecular weight is 507 g/mol. The van der Waals surface area contributed by atoms with Crippen molar-refractivity contribution in [1.29, 1.82) is 0 Å². The third kappa shape index (κ3) is 5.99. The van der Waals surface area contributed by atoms with Gasteiger partial charge < -0.3 is 24.4 Å². The van der Waals surface area contributed by atoms with Gasteiger partial charge in [0.2, 0.25) is 0 Å². The van der Waals surface area contributed by atoms with E-state index in [1.54, 1.807) is 11.0 Å². The number of carbonyl (C=O) groups is 2. The Hall–Kier alpha value is -3.32. The van der Waals surface area contributed by atoms with Crippen LogP contribution >= 0.6 is 0 Å². The molecule has 0 spiro atoms. The van der Waals surface area contributed by atoms with E-state index in [0.717, 1.165) is 36.3 Å². The summed E-state index contributed by atoms with van der Waals surface area (Å²) in [5, 5.41) is 11.4. The van der Waals surface area contributed by atoms with Gasteiger partial charge in [-0.25, -0.2) is 0 Å². The zero-order valence-corrected chi connectivity index (χ0v) is 22.5. The van der Waals surface area contributed by atoms with Crippen molar-refractivity contribution in [2.24, 2.45) is 5.92 Å². The molecule has 1 N–H and O–H groups in total. The number of ketones is 1. The highest BCUT2D eigenvalue weighted by Crippen LogP contribution is 2.41. The van der Waals surface area contributed by atoms with E-state index >= 15 is 0 Å². The molecule has 2 heterocycles. The molecule has 0 unspecified atom stereocenters. The van der Waals surface area contributed by atoms with E-state index in [-0.39, 0.29) is 17.4 Å². The largest absolute Gasteiger partial charge is 0.507 e. The maximum atomic E-state index is 13.4. The van der Waals surface area contributed by atoms with Crippen molar-refractivity contribution in [3.05, 3.63) is 64.7 Å². The van der Waals surface area contributed by atoms with E-state index in [2.05, 4.69) is 13.8 Å². The first-order valence-corrected chi connectivity index (χ1v) is 13.1. The van der Waals surface area contributed by atoms with E-state index in [1.807, 2.05) is 62.3 Å². The second-order valence-corrected chi connectivity index (χ2v) is 10.7. The van der Waals surface area contributed by atoms with E-state index in [0.29, 0.717) is 36.8 Å². The van der Waals surface area contributed by atoms with Crippen molar-refractivity contribution < 1.29 is 24.2 Å². The minimum Gasteiger partial charge on any atom is -0.507 e. The van der Waals surface area contributed by atoms with Crippen LogP contribution < -0.4 is 9.47 Å². The molecule has 2 aromatic carbocycles. The summed E-state index contributed by atoms with van der Waals surface area (Å²) in [5.74, 6) is 0.578. The first kappa shape index (κ1) is 26.7. The molecule has 1 amide bonds. The molecule has 2 aliphatic heterocycles. The molecule has 0 aliphatic carbocycles. The van der Waals surface area contributed by atoms with Gasteiger partial charge >= 0.3 is 0 Å². The van der Waals surface area contributed by atoms with Crippen LogP contribution in [-0.2, 0) is 16.0 Å². The summed E-state index contributed by atoms with van der Waals surface area (Å²) in [6.07, 6.45) is 2.42. The summed E-state index contributed by atoms with van der Waals surface area (Å²) < 4.78 is 11.8. The summed E-state index contributed by atoms with van der Waals surface area (Å²) in [4.78, 5) is 30.2. The predicted molar refractivity (Wildman–Crippen MR) is 144 cm³/mol. The van der Waals surface area contributed by atoms with E-state index < -0.39 is 17.7 Å². The van der Waals surface area contributed by atoms with Gasteiger partial charge in [-0.2, -0.15) is 0 Å². The lowest BCUT2D eigenvalue weighted by Crippen LogP contribution is -2.32. The summed E-state index contributed by atoms with van der Waals surface area (Å²) in [7, 11) is 3.95. The number of amides is 1. The van der Waals surface area contributed by atoms with Crippen molar-refractivity contribution in [3.8, 4) is 11.5 Å². The number of Topliss-reactive ketones (excluding diaryl/α,β-unsaturated/α-hetero) is 1. The van der Waals surface area contributed by atoms with Gasteiger partial charge in [-0.1, -0.05) is 26.0 Å². The number of hydrogen-bond acceptors (Lipinski definition) is 6. The van der Waals surface area contributed by atoms with Crippen LogP contribution in [0.4, 0.5) is 0 Å². The lowest BCUT2D eigenvalue weighted by molar-refractivity contribution is -0.139. The SMILES string of the molecule is CC(C)CCOc1cccc([C@@H]2/C(=C(\O)c3ccc4c(c3)C[C@H](C)O4)C(=O)C(=O)N2CCCN(C)C)c1. The Bertz CT molecular complexity index is 1190. The number of aliphatic hydroxyl groups is 1. The molecule has 2 aromatic rings. The predicted octanol–water partition coefficient (Wildman–Crippen LogP) is 4.81. The molecule has 7 heteroatoms. The molecule has 0 radical (unpaired) electrons. The average Bonchev–Trinajstić information content (AvgIpc) is 3.34. The Morgan fingerprint density at radius 3 is 2.70 bits per heavy atom. The quantitative estimate of drug-likeness (QED) is 0.283. The topological polar surface area (TPSA) is 79.3 Å². The van der Waals surface area contributed by atoms with Crippen molar-refractivity contribution in [2.45, 2.75) is 52.2 Å². The maximum absolute atomic E-state index is 13.4. The molecule has 4 rings (SSSR count). The number of aliphatic hydroxyl groups excluding tert-OH is 1. The molecule has 37 heavy (non-hydrogen) atoms. The molecule has 1 saturated heterocycles. The Balaban J connectivity index is 1.73. The minimum atomic E-state index is -0.695. The lowest BCUT2D eigenvalue weighted by atomic mass is 9.94. The Labute approximate surface area is 219 Å². The minimum absolute atomic E-state index is 0.0631. The van der Waals surface area contributed by atoms with E-state index in [4.69, 9.17) is 9.47 Å². The molecule has 1 fully saturated rings. The van der Waals surface area contributed by atoms with Gasteiger partial charge in [-0.3, -0.25) is 9.59 Å². The highest BCUT2D eigenvalue weighted by molar-refractivity contribution is 6.46. The Morgan fingerprint density at radius 1 is 1.19 bits per heavy atom. The van der Waals surface area contributed by atoms with Crippen LogP contribution in [0.1, 0.15) is 56.3 Å². The Morgan fingerprint density at radius 2 is 1.97 bits per heavy atom. The number of likely N-dealkylation sites (tertiary alicyclic amines) is 1. The van der Waals surface area contributed by atoms with Gasteiger partial charge in [-0.15, -0.1) is 0 Å². The molecule has 7 nitrogen and oxygen atoms in total. The van der Waals surface area contributed by atoms with Gasteiger partial charge in [0.15, 0.2) is 0 Å². The monoisotopic (exact) mass is 506 g/mol. The summed E-state index contributed by atoms with van der Waals surface area (Å²) >= 11 is 0. The second-order valence-electron chi connectivity index (χ2n) is 10.7. The van der Waals surface area contributed by atoms with Gasteiger partial charge in [0.1, 0.15) is 23.4 Å². The van der Waals surface area contributed by atoms with E-state index in [9.17, 15) is 14.7 Å². The normalized spacial score (nSPS) is 20.6. The van der Waals surface area contributed by atoms with Crippen LogP contribution in [0, 0.1) is 5.92 Å². The molecule has 2 atom stereocenters. The Kier molecular flexibility index (Phi) is 8.22. The molecule has 0 bridgehead atoms. The maximum Gasteiger partial charge on any atom is 0.295 e. The number of fused-ring (bicyclic) bond motifs is 1. The van der Waals surface area contributed by atoms with Gasteiger partial charge in [-0.05, 0) is 87.8 Å². The zero-order valence-electron chi connectivity index (χ0n) is 22.5. The van der Waals surface area contributed by atoms with Crippen molar-refractivity contribution in [1.82, 2.24) is 9.80 Å². The molecule has 0 aromatic heterocycles. The number of ether oxygens (including phenoxy) is 2. The summed E-state index contributed by atoms with van der Waals surface area (Å²) in [6, 6.07) is 12.2. The van der Waals surface area contributed by atoms with Crippen molar-refractivity contribution >= 4 is 17.4 Å². The smallest absolute Gasteiger partial charge is 0.295 e. The molecule has 2 aliphatic rings. The van der Waals surface area contributed by atoms with Gasteiger partial charge in [0.05, 0.1) is 18.2 Å². The van der Waals surface area contributed by atoms with Crippen LogP contribution in [0.25, 0.3) is 5.76 Å². The van der Waals surface area contributed by atoms with Gasteiger partial charge in [0, 0.05) is 18.5 Å². The fourth-order valence-electron chi connectivity index (χ4n) is 4.93. The number of nitrogens with zero attached hydrogens (tertiary/aromatic N) is 2. The molecular formula is C30H38N2O5. The van der Waals surface area contributed by atoms with Crippen molar-refractivity contribution in [2.75, 3.05) is 33.8 Å². The van der Waals surface area contributed by atoms with Crippen LogP contribution in [0.3, 0.4) is 0 Å². The van der Waals surface area contributed by atoms with Crippen LogP contribution in [0.5, 0.6) is 11.5 Å². The molecular weight excluding hydrogens is 468 g/mol. The lowest BCUT2D eigenvalue weighted by Gasteiger charge is -2.26. The second kappa shape index (κ2) is 11.4. The highest BCUT2D eigenvalue weighted by Gasteiger charge is 2.46. The fourth-order valence-corrected chi connectivity index (χ4v) is 4.93. The summed E-state index contributed by atoms with van der Waals surface area (Å²) in [5.41, 5.74) is 2.35. The highest BCUT2D eigenvalue weighted by atomic mass is 16.5. The first-order chi connectivity index (χ1) is 17.7. The summed E-state index contributed by atoms with van der Waals surface area (Å²) in [6.45, 7) is 8.05. The fraction of sp³-hybridized carbons (Fsp3) is 0.467. The molecule has 198 valence electrons.